The molecule has 8 nitrogen and oxygen atoms in total. The smallest absolute Gasteiger partial charge is 0.228 e. The van der Waals surface area contributed by atoms with Gasteiger partial charge in [0.15, 0.2) is 0 Å². The molecule has 0 radical (unpaired) electrons. The van der Waals surface area contributed by atoms with Crippen LogP contribution in [-0.2, 0) is 18.4 Å². The summed E-state index contributed by atoms with van der Waals surface area (Å²) in [5.41, 5.74) is 3.60. The number of carbonyl (C=O) groups is 1. The van der Waals surface area contributed by atoms with Crippen LogP contribution in [-0.4, -0.2) is 88.2 Å². The van der Waals surface area contributed by atoms with E-state index in [1.54, 1.807) is 0 Å². The van der Waals surface area contributed by atoms with Crippen molar-refractivity contribution in [1.82, 2.24) is 29.5 Å². The molecule has 0 unspecified atom stereocenters. The molecule has 2 aliphatic heterocycles. The molecule has 3 aromatic rings. The number of amides is 1. The minimum absolute atomic E-state index is 0.0836. The SMILES string of the molecule is CN1CCN(C[C@H]2CC[C@H](C(=O)Nc3cc4cc(-c5cnn(C)c5CN5CCCCC5)ccc4cn3)CC2)CC1. The molecule has 2 aromatic heterocycles. The monoisotopic (exact) mass is 543 g/mol. The van der Waals surface area contributed by atoms with Crippen LogP contribution >= 0.6 is 0 Å². The van der Waals surface area contributed by atoms with E-state index < -0.39 is 0 Å². The number of piperidine rings is 1. The minimum Gasteiger partial charge on any atom is -0.310 e. The van der Waals surface area contributed by atoms with Crippen LogP contribution in [0.4, 0.5) is 5.82 Å². The molecule has 1 aromatic carbocycles. The topological polar surface area (TPSA) is 69.5 Å². The number of rotatable bonds is 7. The molecule has 3 aliphatic rings. The third-order valence-electron chi connectivity index (χ3n) is 9.50. The van der Waals surface area contributed by atoms with Crippen molar-refractivity contribution in [2.75, 3.05) is 58.2 Å². The Hall–Kier alpha value is -2.81. The Labute approximate surface area is 238 Å². The number of anilines is 1. The number of piperazine rings is 1. The van der Waals surface area contributed by atoms with Crippen molar-refractivity contribution < 1.29 is 4.79 Å². The highest BCUT2D eigenvalue weighted by Gasteiger charge is 2.28. The van der Waals surface area contributed by atoms with E-state index in [0.29, 0.717) is 5.82 Å². The second-order valence-electron chi connectivity index (χ2n) is 12.4. The minimum atomic E-state index is 0.0836. The zero-order valence-corrected chi connectivity index (χ0v) is 24.3. The Bertz CT molecular complexity index is 1300. The number of nitrogens with one attached hydrogen (secondary N) is 1. The number of aryl methyl sites for hydroxylation is 1. The van der Waals surface area contributed by atoms with Gasteiger partial charge in [-0.15, -0.1) is 0 Å². The first-order valence-corrected chi connectivity index (χ1v) is 15.4. The van der Waals surface area contributed by atoms with Gasteiger partial charge in [0.05, 0.1) is 11.9 Å². The first-order chi connectivity index (χ1) is 19.5. The number of aromatic nitrogens is 3. The van der Waals surface area contributed by atoms with Gasteiger partial charge >= 0.3 is 0 Å². The zero-order valence-electron chi connectivity index (χ0n) is 24.3. The van der Waals surface area contributed by atoms with Gasteiger partial charge in [-0.3, -0.25) is 14.4 Å². The van der Waals surface area contributed by atoms with Gasteiger partial charge < -0.3 is 15.1 Å². The molecule has 8 heteroatoms. The molecule has 1 aliphatic carbocycles. The largest absolute Gasteiger partial charge is 0.310 e. The molecule has 40 heavy (non-hydrogen) atoms. The molecule has 0 bridgehead atoms. The van der Waals surface area contributed by atoms with Crippen molar-refractivity contribution in [3.8, 4) is 11.1 Å². The number of hydrogen-bond acceptors (Lipinski definition) is 6. The number of benzene rings is 1. The Kier molecular flexibility index (Phi) is 8.46. The zero-order chi connectivity index (χ0) is 27.5. The number of hydrogen-bond donors (Lipinski definition) is 1. The van der Waals surface area contributed by atoms with Crippen molar-refractivity contribution in [3.63, 3.8) is 0 Å². The van der Waals surface area contributed by atoms with Gasteiger partial charge in [0.25, 0.3) is 0 Å². The number of carbonyl (C=O) groups excluding carboxylic acids is 1. The fourth-order valence-electron chi connectivity index (χ4n) is 6.83. The van der Waals surface area contributed by atoms with Crippen LogP contribution in [0.5, 0.6) is 0 Å². The van der Waals surface area contributed by atoms with Crippen LogP contribution in [0.15, 0.2) is 36.7 Å². The van der Waals surface area contributed by atoms with Gasteiger partial charge in [0, 0.05) is 69.4 Å². The van der Waals surface area contributed by atoms with Crippen molar-refractivity contribution in [1.29, 1.82) is 0 Å². The average molecular weight is 544 g/mol. The maximum atomic E-state index is 13.2. The van der Waals surface area contributed by atoms with Gasteiger partial charge in [0.2, 0.25) is 5.91 Å². The molecule has 6 rings (SSSR count). The van der Waals surface area contributed by atoms with Crippen molar-refractivity contribution in [2.45, 2.75) is 51.5 Å². The summed E-state index contributed by atoms with van der Waals surface area (Å²) in [7, 11) is 4.25. The second kappa shape index (κ2) is 12.4. The van der Waals surface area contributed by atoms with Crippen LogP contribution < -0.4 is 5.32 Å². The van der Waals surface area contributed by atoms with Gasteiger partial charge in [-0.2, -0.15) is 5.10 Å². The van der Waals surface area contributed by atoms with Crippen LogP contribution in [0, 0.1) is 11.8 Å². The summed E-state index contributed by atoms with van der Waals surface area (Å²) in [4.78, 5) is 25.3. The van der Waals surface area contributed by atoms with Crippen LogP contribution in [0.1, 0.15) is 50.6 Å². The van der Waals surface area contributed by atoms with E-state index in [1.807, 2.05) is 30.2 Å². The summed E-state index contributed by atoms with van der Waals surface area (Å²) in [5, 5.41) is 9.91. The maximum Gasteiger partial charge on any atom is 0.228 e. The van der Waals surface area contributed by atoms with Gasteiger partial charge in [-0.25, -0.2) is 4.98 Å². The third-order valence-corrected chi connectivity index (χ3v) is 9.50. The molecule has 2 saturated heterocycles. The Morgan fingerprint density at radius 3 is 2.42 bits per heavy atom. The lowest BCUT2D eigenvalue weighted by atomic mass is 9.81. The summed E-state index contributed by atoms with van der Waals surface area (Å²) in [6, 6.07) is 8.53. The van der Waals surface area contributed by atoms with Gasteiger partial charge in [-0.1, -0.05) is 18.6 Å². The number of likely N-dealkylation sites (N-methyl/N-ethyl adjacent to an activating group) is 1. The lowest BCUT2D eigenvalue weighted by Gasteiger charge is -2.36. The molecular formula is C32H45N7O. The molecule has 0 spiro atoms. The molecule has 4 heterocycles. The molecule has 214 valence electrons. The van der Waals surface area contributed by atoms with Gasteiger partial charge in [0.1, 0.15) is 5.82 Å². The quantitative estimate of drug-likeness (QED) is 0.469. The summed E-state index contributed by atoms with van der Waals surface area (Å²) < 4.78 is 2.02. The second-order valence-corrected chi connectivity index (χ2v) is 12.4. The highest BCUT2D eigenvalue weighted by Crippen LogP contribution is 2.32. The lowest BCUT2D eigenvalue weighted by molar-refractivity contribution is -0.121. The third kappa shape index (κ3) is 6.40. The highest BCUT2D eigenvalue weighted by molar-refractivity contribution is 5.95. The fourth-order valence-corrected chi connectivity index (χ4v) is 6.83. The molecule has 1 saturated carbocycles. The Balaban J connectivity index is 1.09. The molecular weight excluding hydrogens is 498 g/mol. The van der Waals surface area contributed by atoms with E-state index in [-0.39, 0.29) is 11.8 Å². The van der Waals surface area contributed by atoms with Crippen LogP contribution in [0.25, 0.3) is 21.9 Å². The first kappa shape index (κ1) is 27.4. The average Bonchev–Trinajstić information content (AvgIpc) is 3.34. The van der Waals surface area contributed by atoms with E-state index in [2.05, 4.69) is 55.3 Å². The lowest BCUT2D eigenvalue weighted by Crippen LogP contribution is -2.46. The molecule has 1 amide bonds. The molecule has 1 N–H and O–H groups in total. The Morgan fingerprint density at radius 1 is 0.875 bits per heavy atom. The molecule has 3 fully saturated rings. The van der Waals surface area contributed by atoms with E-state index >= 15 is 0 Å². The summed E-state index contributed by atoms with van der Waals surface area (Å²) in [6.07, 6.45) is 12.0. The predicted octanol–water partition coefficient (Wildman–Crippen LogP) is 4.61. The van der Waals surface area contributed by atoms with E-state index in [0.717, 1.165) is 67.6 Å². The van der Waals surface area contributed by atoms with Crippen LogP contribution in [0.2, 0.25) is 0 Å². The fraction of sp³-hybridized carbons (Fsp3) is 0.594. The number of pyridine rings is 1. The normalized spacial score (nSPS) is 23.4. The summed E-state index contributed by atoms with van der Waals surface area (Å²) >= 11 is 0. The number of fused-ring (bicyclic) bond motifs is 1. The van der Waals surface area contributed by atoms with Gasteiger partial charge in [-0.05, 0) is 87.7 Å². The Morgan fingerprint density at radius 2 is 1.65 bits per heavy atom. The first-order valence-electron chi connectivity index (χ1n) is 15.4. The van der Waals surface area contributed by atoms with E-state index in [9.17, 15) is 4.79 Å². The van der Waals surface area contributed by atoms with Crippen LogP contribution in [0.3, 0.4) is 0 Å². The highest BCUT2D eigenvalue weighted by atomic mass is 16.1. The van der Waals surface area contributed by atoms with Crippen molar-refractivity contribution in [2.24, 2.45) is 18.9 Å². The number of nitrogens with zero attached hydrogens (tertiary/aromatic N) is 6. The standard InChI is InChI=1S/C32H45N7O/c1-36-14-16-39(17-15-36)22-24-6-8-25(9-7-24)32(40)35-31-19-28-18-26(10-11-27(28)20-33-31)29-21-34-37(2)30(29)23-38-12-4-3-5-13-38/h10-11,18-21,24-25H,3-9,12-17,22-23H2,1-2H3,(H,33,35,40)/t24-,25-. The molecule has 0 atom stereocenters. The van der Waals surface area contributed by atoms with Crippen molar-refractivity contribution >= 4 is 22.5 Å². The summed E-state index contributed by atoms with van der Waals surface area (Å²) in [5.74, 6) is 1.57. The van der Waals surface area contributed by atoms with E-state index in [4.69, 9.17) is 0 Å². The number of likely N-dealkylation sites (tertiary alicyclic amines) is 1. The van der Waals surface area contributed by atoms with Crippen molar-refractivity contribution in [3.05, 3.63) is 42.4 Å². The summed E-state index contributed by atoms with van der Waals surface area (Å²) in [6.45, 7) is 9.12. The van der Waals surface area contributed by atoms with E-state index in [1.165, 1.54) is 63.2 Å². The maximum absolute atomic E-state index is 13.2. The predicted molar refractivity (Wildman–Crippen MR) is 161 cm³/mol.